The second kappa shape index (κ2) is 7.04. The lowest BCUT2D eigenvalue weighted by Gasteiger charge is -2.11. The highest BCUT2D eigenvalue weighted by atomic mass is 35.5. The van der Waals surface area contributed by atoms with Gasteiger partial charge in [-0.3, -0.25) is 0 Å². The zero-order valence-electron chi connectivity index (χ0n) is 12.0. The first-order chi connectivity index (χ1) is 10.1. The first-order valence-corrected chi connectivity index (χ1v) is 6.87. The van der Waals surface area contributed by atoms with E-state index in [0.717, 1.165) is 23.5 Å². The molecule has 1 aromatic carbocycles. The molecule has 6 heteroatoms. The molecule has 0 spiro atoms. The number of anilines is 2. The van der Waals surface area contributed by atoms with E-state index in [1.165, 1.54) is 0 Å². The van der Waals surface area contributed by atoms with Gasteiger partial charge in [0.05, 0.1) is 31.1 Å². The molecule has 3 N–H and O–H groups in total. The quantitative estimate of drug-likeness (QED) is 0.858. The monoisotopic (exact) mass is 307 g/mol. The molecule has 0 aliphatic carbocycles. The van der Waals surface area contributed by atoms with Gasteiger partial charge in [0, 0.05) is 6.54 Å². The Kier molecular flexibility index (Phi) is 5.11. The predicted octanol–water partition coefficient (Wildman–Crippen LogP) is 2.99. The molecule has 0 fully saturated rings. The van der Waals surface area contributed by atoms with Crippen molar-refractivity contribution in [2.45, 2.75) is 6.42 Å². The number of pyridine rings is 1. The Hall–Kier alpha value is -2.14. The number of nitrogens with two attached hydrogens (primary N) is 1. The van der Waals surface area contributed by atoms with Crippen molar-refractivity contribution in [3.63, 3.8) is 0 Å². The average molecular weight is 308 g/mol. The number of hydrogen-bond donors (Lipinski definition) is 2. The van der Waals surface area contributed by atoms with Crippen molar-refractivity contribution in [2.75, 3.05) is 31.8 Å². The van der Waals surface area contributed by atoms with Gasteiger partial charge in [-0.2, -0.15) is 0 Å². The highest BCUT2D eigenvalue weighted by Gasteiger charge is 2.05. The summed E-state index contributed by atoms with van der Waals surface area (Å²) in [5, 5.41) is 3.70. The maximum absolute atomic E-state index is 6.06. The summed E-state index contributed by atoms with van der Waals surface area (Å²) in [5.74, 6) is 2.07. The van der Waals surface area contributed by atoms with Gasteiger partial charge in [0.15, 0.2) is 11.5 Å². The third kappa shape index (κ3) is 3.92. The highest BCUT2D eigenvalue weighted by Crippen LogP contribution is 2.27. The molecule has 0 aliphatic rings. The molecule has 0 saturated heterocycles. The fourth-order valence-electron chi connectivity index (χ4n) is 1.94. The maximum Gasteiger partial charge on any atom is 0.160 e. The molecular weight excluding hydrogens is 290 g/mol. The van der Waals surface area contributed by atoms with Gasteiger partial charge in [-0.05, 0) is 30.2 Å². The number of rotatable bonds is 6. The Labute approximate surface area is 129 Å². The number of halogens is 1. The van der Waals surface area contributed by atoms with E-state index < -0.39 is 0 Å². The number of nitrogen functional groups attached to an aromatic ring is 1. The van der Waals surface area contributed by atoms with E-state index in [4.69, 9.17) is 26.8 Å². The fourth-order valence-corrected chi connectivity index (χ4v) is 2.19. The molecule has 0 radical (unpaired) electrons. The molecule has 112 valence electrons. The van der Waals surface area contributed by atoms with Crippen molar-refractivity contribution in [1.29, 1.82) is 0 Å². The van der Waals surface area contributed by atoms with Crippen molar-refractivity contribution in [3.05, 3.63) is 41.0 Å². The molecule has 1 aromatic heterocycles. The van der Waals surface area contributed by atoms with Crippen LogP contribution in [-0.4, -0.2) is 25.7 Å². The summed E-state index contributed by atoms with van der Waals surface area (Å²) >= 11 is 6.06. The number of aromatic nitrogens is 1. The lowest BCUT2D eigenvalue weighted by molar-refractivity contribution is 0.354. The lowest BCUT2D eigenvalue weighted by atomic mass is 10.1. The molecule has 0 saturated carbocycles. The average Bonchev–Trinajstić information content (AvgIpc) is 2.49. The van der Waals surface area contributed by atoms with Crippen molar-refractivity contribution in [2.24, 2.45) is 0 Å². The zero-order chi connectivity index (χ0) is 15.2. The van der Waals surface area contributed by atoms with Crippen LogP contribution in [-0.2, 0) is 6.42 Å². The van der Waals surface area contributed by atoms with Crippen molar-refractivity contribution in [1.82, 2.24) is 4.98 Å². The van der Waals surface area contributed by atoms with Crippen LogP contribution in [0.2, 0.25) is 5.02 Å². The van der Waals surface area contributed by atoms with Gasteiger partial charge in [-0.25, -0.2) is 4.98 Å². The van der Waals surface area contributed by atoms with Crippen LogP contribution >= 0.6 is 11.6 Å². The molecule has 0 unspecified atom stereocenters. The van der Waals surface area contributed by atoms with E-state index in [0.29, 0.717) is 23.1 Å². The van der Waals surface area contributed by atoms with E-state index in [1.54, 1.807) is 26.5 Å². The summed E-state index contributed by atoms with van der Waals surface area (Å²) in [6, 6.07) is 7.52. The van der Waals surface area contributed by atoms with Gasteiger partial charge in [0.25, 0.3) is 0 Å². The van der Waals surface area contributed by atoms with Gasteiger partial charge in [0.2, 0.25) is 0 Å². The molecule has 2 aromatic rings. The van der Waals surface area contributed by atoms with E-state index in [9.17, 15) is 0 Å². The third-order valence-corrected chi connectivity index (χ3v) is 3.30. The van der Waals surface area contributed by atoms with Crippen LogP contribution in [0.3, 0.4) is 0 Å². The summed E-state index contributed by atoms with van der Waals surface area (Å²) < 4.78 is 10.5. The van der Waals surface area contributed by atoms with E-state index in [-0.39, 0.29) is 0 Å². The summed E-state index contributed by atoms with van der Waals surface area (Å²) in [6.07, 6.45) is 2.38. The number of nitrogens with one attached hydrogen (secondary N) is 1. The molecule has 0 amide bonds. The minimum Gasteiger partial charge on any atom is -0.493 e. The van der Waals surface area contributed by atoms with Gasteiger partial charge in [0.1, 0.15) is 5.82 Å². The first kappa shape index (κ1) is 15.3. The van der Waals surface area contributed by atoms with E-state index >= 15 is 0 Å². The first-order valence-electron chi connectivity index (χ1n) is 6.50. The molecule has 0 bridgehead atoms. The lowest BCUT2D eigenvalue weighted by Crippen LogP contribution is -2.07. The van der Waals surface area contributed by atoms with E-state index in [2.05, 4.69) is 10.3 Å². The SMILES string of the molecule is COc1ccc(CCNc2ncc(N)cc2Cl)cc1OC. The summed E-state index contributed by atoms with van der Waals surface area (Å²) in [7, 11) is 3.24. The third-order valence-electron chi connectivity index (χ3n) is 3.02. The molecule has 0 aliphatic heterocycles. The normalized spacial score (nSPS) is 10.2. The number of benzene rings is 1. The Balaban J connectivity index is 1.97. The van der Waals surface area contributed by atoms with Gasteiger partial charge < -0.3 is 20.5 Å². The van der Waals surface area contributed by atoms with Crippen LogP contribution in [0.15, 0.2) is 30.5 Å². The molecule has 5 nitrogen and oxygen atoms in total. The van der Waals surface area contributed by atoms with Crippen LogP contribution < -0.4 is 20.5 Å². The fraction of sp³-hybridized carbons (Fsp3) is 0.267. The predicted molar refractivity (Wildman–Crippen MR) is 85.4 cm³/mol. The molecule has 1 heterocycles. The molecule has 0 atom stereocenters. The largest absolute Gasteiger partial charge is 0.493 e. The van der Waals surface area contributed by atoms with Crippen molar-refractivity contribution >= 4 is 23.1 Å². The summed E-state index contributed by atoms with van der Waals surface area (Å²) in [5.41, 5.74) is 7.28. The van der Waals surface area contributed by atoms with Crippen molar-refractivity contribution < 1.29 is 9.47 Å². The second-order valence-electron chi connectivity index (χ2n) is 4.47. The van der Waals surface area contributed by atoms with Crippen LogP contribution in [0.5, 0.6) is 11.5 Å². The smallest absolute Gasteiger partial charge is 0.160 e. The number of nitrogens with zero attached hydrogens (tertiary/aromatic N) is 1. The Morgan fingerprint density at radius 1 is 1.19 bits per heavy atom. The van der Waals surface area contributed by atoms with Crippen LogP contribution in [0, 0.1) is 0 Å². The van der Waals surface area contributed by atoms with Gasteiger partial charge >= 0.3 is 0 Å². The molecule has 2 rings (SSSR count). The number of hydrogen-bond acceptors (Lipinski definition) is 5. The van der Waals surface area contributed by atoms with Crippen LogP contribution in [0.4, 0.5) is 11.5 Å². The second-order valence-corrected chi connectivity index (χ2v) is 4.87. The summed E-state index contributed by atoms with van der Waals surface area (Å²) in [6.45, 7) is 0.701. The zero-order valence-corrected chi connectivity index (χ0v) is 12.8. The van der Waals surface area contributed by atoms with E-state index in [1.807, 2.05) is 18.2 Å². The van der Waals surface area contributed by atoms with Gasteiger partial charge in [-0.15, -0.1) is 0 Å². The maximum atomic E-state index is 6.06. The minimum atomic E-state index is 0.516. The number of ether oxygens (including phenoxy) is 2. The number of methoxy groups -OCH3 is 2. The van der Waals surface area contributed by atoms with Crippen LogP contribution in [0.1, 0.15) is 5.56 Å². The Morgan fingerprint density at radius 2 is 1.95 bits per heavy atom. The standard InChI is InChI=1S/C15H18ClN3O2/c1-20-13-4-3-10(7-14(13)21-2)5-6-18-15-12(16)8-11(17)9-19-15/h3-4,7-9H,5-6,17H2,1-2H3,(H,18,19). The molecule has 21 heavy (non-hydrogen) atoms. The minimum absolute atomic E-state index is 0.516. The van der Waals surface area contributed by atoms with Crippen LogP contribution in [0.25, 0.3) is 0 Å². The van der Waals surface area contributed by atoms with Crippen molar-refractivity contribution in [3.8, 4) is 11.5 Å². The topological polar surface area (TPSA) is 69.4 Å². The summed E-state index contributed by atoms with van der Waals surface area (Å²) in [4.78, 5) is 4.16. The highest BCUT2D eigenvalue weighted by molar-refractivity contribution is 6.33. The Morgan fingerprint density at radius 3 is 2.62 bits per heavy atom. The molecular formula is C15H18ClN3O2. The van der Waals surface area contributed by atoms with Gasteiger partial charge in [-0.1, -0.05) is 17.7 Å². The Bertz CT molecular complexity index is 620.